The molecule has 0 aliphatic heterocycles. The molecular formula is C19H19ClN2O4. The average Bonchev–Trinajstić information content (AvgIpc) is 2.62. The molecule has 0 aliphatic rings. The van der Waals surface area contributed by atoms with Gasteiger partial charge in [0.2, 0.25) is 5.91 Å². The van der Waals surface area contributed by atoms with E-state index in [4.69, 9.17) is 21.1 Å². The van der Waals surface area contributed by atoms with Gasteiger partial charge in [-0.05, 0) is 48.0 Å². The lowest BCUT2D eigenvalue weighted by atomic mass is 10.1. The number of benzene rings is 2. The lowest BCUT2D eigenvalue weighted by molar-refractivity contribution is -0.120. The molecular weight excluding hydrogens is 356 g/mol. The van der Waals surface area contributed by atoms with E-state index in [1.165, 1.54) is 21.1 Å². The van der Waals surface area contributed by atoms with Gasteiger partial charge in [0, 0.05) is 17.6 Å². The van der Waals surface area contributed by atoms with Gasteiger partial charge in [-0.2, -0.15) is 0 Å². The molecule has 0 fully saturated rings. The summed E-state index contributed by atoms with van der Waals surface area (Å²) in [5, 5.41) is 5.81. The molecule has 6 nitrogen and oxygen atoms in total. The van der Waals surface area contributed by atoms with E-state index in [0.717, 1.165) is 0 Å². The molecule has 0 heterocycles. The highest BCUT2D eigenvalue weighted by molar-refractivity contribution is 6.30. The molecule has 2 rings (SSSR count). The molecule has 2 amide bonds. The Hall–Kier alpha value is -2.99. The van der Waals surface area contributed by atoms with Gasteiger partial charge >= 0.3 is 0 Å². The number of rotatable bonds is 6. The summed E-state index contributed by atoms with van der Waals surface area (Å²) in [6, 6.07) is 11.8. The van der Waals surface area contributed by atoms with Gasteiger partial charge in [0.15, 0.2) is 11.5 Å². The Morgan fingerprint density at radius 3 is 2.23 bits per heavy atom. The third-order valence-corrected chi connectivity index (χ3v) is 3.63. The predicted octanol–water partition coefficient (Wildman–Crippen LogP) is 3.47. The van der Waals surface area contributed by atoms with Gasteiger partial charge in [-0.15, -0.1) is 0 Å². The zero-order chi connectivity index (χ0) is 19.1. The number of amides is 2. The first-order valence-electron chi connectivity index (χ1n) is 7.71. The first-order chi connectivity index (χ1) is 12.4. The minimum Gasteiger partial charge on any atom is -0.493 e. The van der Waals surface area contributed by atoms with E-state index in [0.29, 0.717) is 27.8 Å². The highest BCUT2D eigenvalue weighted by Gasteiger charge is 2.13. The fourth-order valence-electron chi connectivity index (χ4n) is 2.19. The van der Waals surface area contributed by atoms with Crippen LogP contribution in [0.25, 0.3) is 6.08 Å². The molecule has 0 spiro atoms. The Labute approximate surface area is 156 Å². The predicted molar refractivity (Wildman–Crippen MR) is 101 cm³/mol. The molecule has 0 atom stereocenters. The second kappa shape index (κ2) is 8.92. The third-order valence-electron chi connectivity index (χ3n) is 3.38. The SMILES string of the molecule is COc1ccc(/C=C(\NC(C)=O)C(=O)Nc2ccc(Cl)cc2)cc1OC. The van der Waals surface area contributed by atoms with Crippen LogP contribution in [-0.4, -0.2) is 26.0 Å². The number of carbonyl (C=O) groups is 2. The number of hydrogen-bond donors (Lipinski definition) is 2. The zero-order valence-electron chi connectivity index (χ0n) is 14.6. The number of halogens is 1. The van der Waals surface area contributed by atoms with Crippen LogP contribution in [0, 0.1) is 0 Å². The van der Waals surface area contributed by atoms with Crippen LogP contribution in [0.2, 0.25) is 5.02 Å². The Morgan fingerprint density at radius 2 is 1.65 bits per heavy atom. The summed E-state index contributed by atoms with van der Waals surface area (Å²) in [5.74, 6) is 0.262. The number of hydrogen-bond acceptors (Lipinski definition) is 4. The van der Waals surface area contributed by atoms with E-state index >= 15 is 0 Å². The van der Waals surface area contributed by atoms with Crippen molar-refractivity contribution < 1.29 is 19.1 Å². The summed E-state index contributed by atoms with van der Waals surface area (Å²) in [4.78, 5) is 24.0. The second-order valence-corrected chi connectivity index (χ2v) is 5.75. The first kappa shape index (κ1) is 19.3. The Balaban J connectivity index is 2.30. The Kier molecular flexibility index (Phi) is 6.63. The van der Waals surface area contributed by atoms with Crippen molar-refractivity contribution in [2.75, 3.05) is 19.5 Å². The van der Waals surface area contributed by atoms with Crippen molar-refractivity contribution in [2.45, 2.75) is 6.92 Å². The summed E-state index contributed by atoms with van der Waals surface area (Å²) in [5.41, 5.74) is 1.32. The zero-order valence-corrected chi connectivity index (χ0v) is 15.4. The molecule has 0 radical (unpaired) electrons. The summed E-state index contributed by atoms with van der Waals surface area (Å²) in [6.45, 7) is 1.33. The number of carbonyl (C=O) groups excluding carboxylic acids is 2. The van der Waals surface area contributed by atoms with Gasteiger partial charge in [-0.3, -0.25) is 9.59 Å². The molecule has 2 N–H and O–H groups in total. The monoisotopic (exact) mass is 374 g/mol. The average molecular weight is 375 g/mol. The summed E-state index contributed by atoms with van der Waals surface area (Å²) < 4.78 is 10.4. The van der Waals surface area contributed by atoms with Crippen molar-refractivity contribution in [3.63, 3.8) is 0 Å². The number of methoxy groups -OCH3 is 2. The van der Waals surface area contributed by atoms with Crippen LogP contribution in [0.4, 0.5) is 5.69 Å². The van der Waals surface area contributed by atoms with Crippen molar-refractivity contribution in [3.05, 3.63) is 58.7 Å². The molecule has 0 bridgehead atoms. The summed E-state index contributed by atoms with van der Waals surface area (Å²) in [6.07, 6.45) is 1.55. The largest absolute Gasteiger partial charge is 0.493 e. The van der Waals surface area contributed by atoms with E-state index in [9.17, 15) is 9.59 Å². The van der Waals surface area contributed by atoms with Crippen LogP contribution < -0.4 is 20.1 Å². The highest BCUT2D eigenvalue weighted by atomic mass is 35.5. The maximum atomic E-state index is 12.5. The normalized spacial score (nSPS) is 10.8. The van der Waals surface area contributed by atoms with Crippen LogP contribution in [0.15, 0.2) is 48.2 Å². The minimum atomic E-state index is -0.461. The van der Waals surface area contributed by atoms with Gasteiger partial charge in [0.1, 0.15) is 5.70 Å². The first-order valence-corrected chi connectivity index (χ1v) is 8.09. The van der Waals surface area contributed by atoms with Crippen molar-refractivity contribution in [3.8, 4) is 11.5 Å². The lowest BCUT2D eigenvalue weighted by Crippen LogP contribution is -2.28. The van der Waals surface area contributed by atoms with E-state index < -0.39 is 5.91 Å². The molecule has 0 aromatic heterocycles. The number of ether oxygens (including phenoxy) is 2. The van der Waals surface area contributed by atoms with Crippen LogP contribution in [0.5, 0.6) is 11.5 Å². The highest BCUT2D eigenvalue weighted by Crippen LogP contribution is 2.28. The van der Waals surface area contributed by atoms with Crippen molar-refractivity contribution >= 4 is 35.2 Å². The van der Waals surface area contributed by atoms with E-state index in [-0.39, 0.29) is 11.6 Å². The second-order valence-electron chi connectivity index (χ2n) is 5.31. The molecule has 0 saturated carbocycles. The Morgan fingerprint density at radius 1 is 1.00 bits per heavy atom. The molecule has 26 heavy (non-hydrogen) atoms. The number of nitrogens with one attached hydrogen (secondary N) is 2. The maximum Gasteiger partial charge on any atom is 0.272 e. The van der Waals surface area contributed by atoms with E-state index in [1.807, 2.05) is 0 Å². The molecule has 2 aromatic carbocycles. The Bertz CT molecular complexity index is 832. The van der Waals surface area contributed by atoms with Gasteiger partial charge in [-0.1, -0.05) is 17.7 Å². The van der Waals surface area contributed by atoms with Crippen molar-refractivity contribution in [1.29, 1.82) is 0 Å². The van der Waals surface area contributed by atoms with Gasteiger partial charge in [0.05, 0.1) is 14.2 Å². The van der Waals surface area contributed by atoms with Crippen LogP contribution >= 0.6 is 11.6 Å². The van der Waals surface area contributed by atoms with Gasteiger partial charge in [-0.25, -0.2) is 0 Å². The molecule has 0 saturated heterocycles. The lowest BCUT2D eigenvalue weighted by Gasteiger charge is -2.11. The topological polar surface area (TPSA) is 76.7 Å². The molecule has 136 valence electrons. The summed E-state index contributed by atoms with van der Waals surface area (Å²) in [7, 11) is 3.06. The molecule has 0 aliphatic carbocycles. The van der Waals surface area contributed by atoms with Crippen LogP contribution in [0.3, 0.4) is 0 Å². The minimum absolute atomic E-state index is 0.0969. The number of anilines is 1. The third kappa shape index (κ3) is 5.26. The van der Waals surface area contributed by atoms with Gasteiger partial charge in [0.25, 0.3) is 5.91 Å². The quantitative estimate of drug-likeness (QED) is 0.759. The molecule has 2 aromatic rings. The van der Waals surface area contributed by atoms with Gasteiger partial charge < -0.3 is 20.1 Å². The fraction of sp³-hybridized carbons (Fsp3) is 0.158. The van der Waals surface area contributed by atoms with Crippen molar-refractivity contribution in [1.82, 2.24) is 5.32 Å². The maximum absolute atomic E-state index is 12.5. The van der Waals surface area contributed by atoms with Crippen LogP contribution in [-0.2, 0) is 9.59 Å². The fourth-order valence-corrected chi connectivity index (χ4v) is 2.31. The smallest absolute Gasteiger partial charge is 0.272 e. The van der Waals surface area contributed by atoms with E-state index in [1.54, 1.807) is 48.5 Å². The van der Waals surface area contributed by atoms with E-state index in [2.05, 4.69) is 10.6 Å². The van der Waals surface area contributed by atoms with Crippen molar-refractivity contribution in [2.24, 2.45) is 0 Å². The van der Waals surface area contributed by atoms with Crippen LogP contribution in [0.1, 0.15) is 12.5 Å². The standard InChI is InChI=1S/C19H19ClN2O4/c1-12(23)21-16(19(24)22-15-7-5-14(20)6-8-15)10-13-4-9-17(25-2)18(11-13)26-3/h4-11H,1-3H3,(H,21,23)(H,22,24)/b16-10-. The molecule has 0 unspecified atom stereocenters. The summed E-state index contributed by atoms with van der Waals surface area (Å²) >= 11 is 5.84. The molecule has 7 heteroatoms.